The molecule has 6 heteroatoms. The van der Waals surface area contributed by atoms with E-state index in [1.54, 1.807) is 19.3 Å². The van der Waals surface area contributed by atoms with Gasteiger partial charge in [0.15, 0.2) is 0 Å². The Balaban J connectivity index is 2.42. The van der Waals surface area contributed by atoms with Gasteiger partial charge < -0.3 is 5.32 Å². The van der Waals surface area contributed by atoms with Crippen molar-refractivity contribution in [3.63, 3.8) is 0 Å². The van der Waals surface area contributed by atoms with E-state index < -0.39 is 10.0 Å². The van der Waals surface area contributed by atoms with Crippen LogP contribution >= 0.6 is 0 Å². The van der Waals surface area contributed by atoms with Crippen molar-refractivity contribution in [2.75, 3.05) is 25.5 Å². The Morgan fingerprint density at radius 2 is 2.06 bits per heavy atom. The lowest BCUT2D eigenvalue weighted by molar-refractivity contribution is 0.477. The lowest BCUT2D eigenvalue weighted by Crippen LogP contribution is -2.28. The molecule has 0 bridgehead atoms. The highest BCUT2D eigenvalue weighted by Gasteiger charge is 2.29. The number of nitrogens with zero attached hydrogens (tertiary/aromatic N) is 2. The fourth-order valence-corrected chi connectivity index (χ4v) is 3.52. The van der Waals surface area contributed by atoms with Gasteiger partial charge in [-0.25, -0.2) is 8.42 Å². The molecule has 1 aromatic rings. The fourth-order valence-electron chi connectivity index (χ4n) is 1.86. The van der Waals surface area contributed by atoms with Gasteiger partial charge >= 0.3 is 0 Å². The lowest BCUT2D eigenvalue weighted by atomic mass is 10.4. The van der Waals surface area contributed by atoms with Crippen molar-refractivity contribution < 1.29 is 8.42 Å². The maximum atomic E-state index is 12.3. The van der Waals surface area contributed by atoms with Crippen molar-refractivity contribution in [3.05, 3.63) is 18.5 Å². The van der Waals surface area contributed by atoms with Crippen LogP contribution in [-0.4, -0.2) is 37.8 Å². The molecule has 1 saturated heterocycles. The molecule has 0 radical (unpaired) electrons. The molecular weight excluding hydrogens is 226 g/mol. The summed E-state index contributed by atoms with van der Waals surface area (Å²) in [5, 5.41) is 2.88. The smallest absolute Gasteiger partial charge is 0.246 e. The van der Waals surface area contributed by atoms with Crippen LogP contribution in [0.25, 0.3) is 0 Å². The number of hydrogen-bond donors (Lipinski definition) is 1. The van der Waals surface area contributed by atoms with E-state index in [1.807, 2.05) is 0 Å². The van der Waals surface area contributed by atoms with E-state index in [-0.39, 0.29) is 4.90 Å². The molecule has 1 aliphatic heterocycles. The quantitative estimate of drug-likeness (QED) is 0.854. The standard InChI is InChI=1S/C10H15N3O2S/c1-11-9-4-5-12-8-10(9)16(14,15)13-6-2-3-7-13/h4-5,8H,2-3,6-7H2,1H3,(H,11,12). The van der Waals surface area contributed by atoms with Crippen LogP contribution in [0.1, 0.15) is 12.8 Å². The summed E-state index contributed by atoms with van der Waals surface area (Å²) in [4.78, 5) is 4.15. The summed E-state index contributed by atoms with van der Waals surface area (Å²) in [5.41, 5.74) is 0.599. The summed E-state index contributed by atoms with van der Waals surface area (Å²) in [6.45, 7) is 1.22. The monoisotopic (exact) mass is 241 g/mol. The predicted octanol–water partition coefficient (Wildman–Crippen LogP) is 0.908. The van der Waals surface area contributed by atoms with Crippen LogP contribution in [0.4, 0.5) is 5.69 Å². The van der Waals surface area contributed by atoms with Crippen LogP contribution in [0.3, 0.4) is 0 Å². The summed E-state index contributed by atoms with van der Waals surface area (Å²) < 4.78 is 26.0. The molecule has 0 atom stereocenters. The van der Waals surface area contributed by atoms with Crippen LogP contribution in [0, 0.1) is 0 Å². The molecule has 0 amide bonds. The summed E-state index contributed by atoms with van der Waals surface area (Å²) in [6, 6.07) is 1.67. The molecule has 0 spiro atoms. The van der Waals surface area contributed by atoms with Gasteiger partial charge in [0.05, 0.1) is 5.69 Å². The Kier molecular flexibility index (Phi) is 3.11. The van der Waals surface area contributed by atoms with E-state index in [1.165, 1.54) is 10.5 Å². The molecular formula is C10H15N3O2S. The molecule has 16 heavy (non-hydrogen) atoms. The zero-order valence-electron chi connectivity index (χ0n) is 9.18. The number of pyridine rings is 1. The van der Waals surface area contributed by atoms with Crippen molar-refractivity contribution in [1.82, 2.24) is 9.29 Å². The molecule has 5 nitrogen and oxygen atoms in total. The Bertz CT molecular complexity index is 467. The van der Waals surface area contributed by atoms with Crippen LogP contribution in [0.2, 0.25) is 0 Å². The van der Waals surface area contributed by atoms with Crippen LogP contribution in [0.15, 0.2) is 23.4 Å². The number of nitrogens with one attached hydrogen (secondary N) is 1. The molecule has 2 heterocycles. The van der Waals surface area contributed by atoms with Crippen LogP contribution in [-0.2, 0) is 10.0 Å². The minimum absolute atomic E-state index is 0.263. The van der Waals surface area contributed by atoms with Gasteiger partial charge in [-0.1, -0.05) is 0 Å². The van der Waals surface area contributed by atoms with Crippen molar-refractivity contribution in [1.29, 1.82) is 0 Å². The first-order valence-corrected chi connectivity index (χ1v) is 6.72. The number of aromatic nitrogens is 1. The summed E-state index contributed by atoms with van der Waals surface area (Å²) >= 11 is 0. The zero-order valence-corrected chi connectivity index (χ0v) is 10.00. The maximum Gasteiger partial charge on any atom is 0.246 e. The van der Waals surface area contributed by atoms with Gasteiger partial charge in [-0.05, 0) is 18.9 Å². The highest BCUT2D eigenvalue weighted by molar-refractivity contribution is 7.89. The van der Waals surface area contributed by atoms with Gasteiger partial charge in [0, 0.05) is 32.5 Å². The van der Waals surface area contributed by atoms with Gasteiger partial charge in [-0.15, -0.1) is 0 Å². The Morgan fingerprint density at radius 3 is 2.69 bits per heavy atom. The number of anilines is 1. The van der Waals surface area contributed by atoms with E-state index >= 15 is 0 Å². The highest BCUT2D eigenvalue weighted by atomic mass is 32.2. The number of sulfonamides is 1. The second-order valence-corrected chi connectivity index (χ2v) is 5.64. The lowest BCUT2D eigenvalue weighted by Gasteiger charge is -2.17. The predicted molar refractivity (Wildman–Crippen MR) is 61.8 cm³/mol. The maximum absolute atomic E-state index is 12.3. The molecule has 0 unspecified atom stereocenters. The fraction of sp³-hybridized carbons (Fsp3) is 0.500. The first kappa shape index (κ1) is 11.3. The van der Waals surface area contributed by atoms with Gasteiger partial charge in [0.25, 0.3) is 0 Å². The minimum atomic E-state index is -3.37. The average Bonchev–Trinajstić information content (AvgIpc) is 2.83. The van der Waals surface area contributed by atoms with Gasteiger partial charge in [-0.2, -0.15) is 4.31 Å². The van der Waals surface area contributed by atoms with E-state index in [9.17, 15) is 8.42 Å². The Labute approximate surface area is 95.5 Å². The number of rotatable bonds is 3. The largest absolute Gasteiger partial charge is 0.387 e. The zero-order chi connectivity index (χ0) is 11.6. The third kappa shape index (κ3) is 1.90. The molecule has 0 aliphatic carbocycles. The van der Waals surface area contributed by atoms with Crippen molar-refractivity contribution in [2.45, 2.75) is 17.7 Å². The molecule has 1 N–H and O–H groups in total. The molecule has 1 aromatic heterocycles. The Morgan fingerprint density at radius 1 is 1.38 bits per heavy atom. The highest BCUT2D eigenvalue weighted by Crippen LogP contribution is 2.25. The third-order valence-corrected chi connectivity index (χ3v) is 4.66. The Hall–Kier alpha value is -1.14. The summed E-state index contributed by atoms with van der Waals surface area (Å²) in [7, 11) is -1.67. The second-order valence-electron chi connectivity index (χ2n) is 3.73. The van der Waals surface area contributed by atoms with E-state index in [2.05, 4.69) is 10.3 Å². The SMILES string of the molecule is CNc1ccncc1S(=O)(=O)N1CCCC1. The molecule has 1 aliphatic rings. The van der Waals surface area contributed by atoms with Gasteiger partial charge in [0.2, 0.25) is 10.0 Å². The van der Waals surface area contributed by atoms with E-state index in [0.717, 1.165) is 12.8 Å². The van der Waals surface area contributed by atoms with E-state index in [4.69, 9.17) is 0 Å². The number of hydrogen-bond acceptors (Lipinski definition) is 4. The molecule has 2 rings (SSSR count). The van der Waals surface area contributed by atoms with Crippen molar-refractivity contribution >= 4 is 15.7 Å². The van der Waals surface area contributed by atoms with Gasteiger partial charge in [0.1, 0.15) is 4.90 Å². The minimum Gasteiger partial charge on any atom is -0.387 e. The third-order valence-electron chi connectivity index (χ3n) is 2.74. The topological polar surface area (TPSA) is 62.3 Å². The molecule has 0 saturated carbocycles. The van der Waals surface area contributed by atoms with Crippen LogP contribution < -0.4 is 5.32 Å². The van der Waals surface area contributed by atoms with Crippen molar-refractivity contribution in [3.8, 4) is 0 Å². The van der Waals surface area contributed by atoms with Gasteiger partial charge in [-0.3, -0.25) is 4.98 Å². The first-order valence-electron chi connectivity index (χ1n) is 5.28. The summed E-state index contributed by atoms with van der Waals surface area (Å²) in [5.74, 6) is 0. The van der Waals surface area contributed by atoms with E-state index in [0.29, 0.717) is 18.8 Å². The van der Waals surface area contributed by atoms with Crippen molar-refractivity contribution in [2.24, 2.45) is 0 Å². The normalized spacial score (nSPS) is 17.6. The first-order chi connectivity index (χ1) is 7.66. The molecule has 88 valence electrons. The molecule has 1 fully saturated rings. The van der Waals surface area contributed by atoms with Crippen LogP contribution in [0.5, 0.6) is 0 Å². The summed E-state index contributed by atoms with van der Waals surface area (Å²) in [6.07, 6.45) is 4.86. The molecule has 0 aromatic carbocycles. The second kappa shape index (κ2) is 4.39. The average molecular weight is 241 g/mol.